The van der Waals surface area contributed by atoms with Crippen LogP contribution < -0.4 is 4.43 Å². The van der Waals surface area contributed by atoms with Crippen LogP contribution in [0.25, 0.3) is 0 Å². The van der Waals surface area contributed by atoms with Crippen LogP contribution in [0.3, 0.4) is 0 Å². The molecule has 1 nitrogen and oxygen atoms in total. The molecule has 2 heteroatoms. The van der Waals surface area contributed by atoms with Crippen LogP contribution in [0.1, 0.15) is 5.56 Å². The number of ether oxygens (including phenoxy) is 1. The van der Waals surface area contributed by atoms with Crippen molar-refractivity contribution < 1.29 is 4.74 Å². The second kappa shape index (κ2) is 4.67. The van der Waals surface area contributed by atoms with E-state index in [1.165, 1.54) is 9.99 Å². The highest BCUT2D eigenvalue weighted by atomic mass is 27.2. The molecule has 0 saturated heterocycles. The first kappa shape index (κ1) is 9.80. The Balaban J connectivity index is 2.92. The minimum atomic E-state index is -0.680. The van der Waals surface area contributed by atoms with Crippen molar-refractivity contribution in [3.05, 3.63) is 29.8 Å². The molecule has 64 valence electrons. The third-order valence-corrected chi connectivity index (χ3v) is 3.78. The first-order valence-electron chi connectivity index (χ1n) is 4.32. The monoisotopic (exact) mass is 178 g/mol. The van der Waals surface area contributed by atoms with Crippen molar-refractivity contribution in [1.82, 2.24) is 0 Å². The van der Waals surface area contributed by atoms with E-state index in [2.05, 4.69) is 35.8 Å². The zero-order chi connectivity index (χ0) is 8.97. The molecule has 1 rings (SSSR count). The van der Waals surface area contributed by atoms with Crippen molar-refractivity contribution in [2.75, 3.05) is 7.11 Å². The van der Waals surface area contributed by atoms with Gasteiger partial charge >= 0.3 is 0 Å². The lowest BCUT2D eigenvalue weighted by Gasteiger charge is -2.08. The van der Waals surface area contributed by atoms with Crippen LogP contribution in [-0.4, -0.2) is 21.3 Å². The third kappa shape index (κ3) is 2.35. The first-order chi connectivity index (χ1) is 5.75. The SMILES string of the molecule is COCc1cccc[c]1[Al]([CH3])[CH3]. The number of rotatable bonds is 3. The standard InChI is InChI=1S/C8H9O.2CH3.Al/c1-9-7-8-5-3-2-4-6-8;;;/h2-5H,7H2,1H3;2*1H3;. The predicted molar refractivity (Wildman–Crippen MR) is 54.3 cm³/mol. The highest BCUT2D eigenvalue weighted by molar-refractivity contribution is 6.71. The van der Waals surface area contributed by atoms with Gasteiger partial charge in [0, 0.05) is 7.11 Å². The molecular formula is C10H15AlO. The van der Waals surface area contributed by atoms with Crippen LogP contribution in [0.15, 0.2) is 24.3 Å². The molecule has 0 aliphatic rings. The number of benzene rings is 1. The number of methoxy groups -OCH3 is 1. The Labute approximate surface area is 78.8 Å². The minimum absolute atomic E-state index is 0.680. The van der Waals surface area contributed by atoms with E-state index in [9.17, 15) is 0 Å². The molecule has 0 heterocycles. The second-order valence-electron chi connectivity index (χ2n) is 3.29. The van der Waals surface area contributed by atoms with Gasteiger partial charge in [-0.3, -0.25) is 0 Å². The fourth-order valence-corrected chi connectivity index (χ4v) is 2.80. The van der Waals surface area contributed by atoms with E-state index < -0.39 is 14.1 Å². The molecule has 0 unspecified atom stereocenters. The van der Waals surface area contributed by atoms with E-state index in [0.29, 0.717) is 0 Å². The maximum absolute atomic E-state index is 5.14. The van der Waals surface area contributed by atoms with Gasteiger partial charge in [0.2, 0.25) is 0 Å². The summed E-state index contributed by atoms with van der Waals surface area (Å²) >= 11 is -0.680. The Morgan fingerprint density at radius 3 is 2.50 bits per heavy atom. The Morgan fingerprint density at radius 1 is 1.25 bits per heavy atom. The molecule has 1 aromatic carbocycles. The topological polar surface area (TPSA) is 9.23 Å². The van der Waals surface area contributed by atoms with Crippen LogP contribution in [0, 0.1) is 0 Å². The van der Waals surface area contributed by atoms with Gasteiger partial charge in [0.1, 0.15) is 0 Å². The smallest absolute Gasteiger partial charge is 0.299 e. The average Bonchev–Trinajstić information content (AvgIpc) is 2.05. The van der Waals surface area contributed by atoms with Gasteiger partial charge < -0.3 is 4.74 Å². The second-order valence-corrected chi connectivity index (χ2v) is 6.22. The van der Waals surface area contributed by atoms with Crippen LogP contribution in [-0.2, 0) is 11.3 Å². The highest BCUT2D eigenvalue weighted by Crippen LogP contribution is 1.99. The van der Waals surface area contributed by atoms with Crippen LogP contribution >= 0.6 is 0 Å². The molecular weight excluding hydrogens is 163 g/mol. The van der Waals surface area contributed by atoms with Gasteiger partial charge in [-0.2, -0.15) is 0 Å². The largest absolute Gasteiger partial charge is 0.380 e. The normalized spacial score (nSPS) is 9.92. The summed E-state index contributed by atoms with van der Waals surface area (Å²) < 4.78 is 6.67. The molecule has 0 N–H and O–H groups in total. The zero-order valence-electron chi connectivity index (χ0n) is 8.00. The van der Waals surface area contributed by atoms with Crippen LogP contribution in [0.2, 0.25) is 11.6 Å². The molecule has 0 amide bonds. The van der Waals surface area contributed by atoms with Crippen molar-refractivity contribution in [2.24, 2.45) is 0 Å². The van der Waals surface area contributed by atoms with Crippen LogP contribution in [0.5, 0.6) is 0 Å². The number of hydrogen-bond donors (Lipinski definition) is 0. The molecule has 0 aliphatic carbocycles. The summed E-state index contributed by atoms with van der Waals surface area (Å²) in [7, 11) is 1.75. The van der Waals surface area contributed by atoms with E-state index in [1.54, 1.807) is 7.11 Å². The van der Waals surface area contributed by atoms with Crippen molar-refractivity contribution in [2.45, 2.75) is 18.2 Å². The fraction of sp³-hybridized carbons (Fsp3) is 0.400. The lowest BCUT2D eigenvalue weighted by Crippen LogP contribution is -2.26. The summed E-state index contributed by atoms with van der Waals surface area (Å²) in [6, 6.07) is 8.58. The fourth-order valence-electron chi connectivity index (χ4n) is 1.38. The lowest BCUT2D eigenvalue weighted by molar-refractivity contribution is 0.185. The molecule has 0 aliphatic heterocycles. The van der Waals surface area contributed by atoms with E-state index in [-0.39, 0.29) is 0 Å². The lowest BCUT2D eigenvalue weighted by atomic mass is 10.2. The quantitative estimate of drug-likeness (QED) is 0.641. The van der Waals surface area contributed by atoms with E-state index in [4.69, 9.17) is 4.74 Å². The first-order valence-corrected chi connectivity index (χ1v) is 7.21. The summed E-state index contributed by atoms with van der Waals surface area (Å²) in [5.74, 6) is 4.68. The molecule has 12 heavy (non-hydrogen) atoms. The Hall–Kier alpha value is -0.288. The Bertz CT molecular complexity index is 245. The number of hydrogen-bond acceptors (Lipinski definition) is 1. The molecule has 1 aromatic rings. The molecule has 0 aromatic heterocycles. The van der Waals surface area contributed by atoms with Gasteiger partial charge in [-0.05, 0) is 5.56 Å². The Kier molecular flexibility index (Phi) is 3.81. The van der Waals surface area contributed by atoms with Crippen LogP contribution in [0.4, 0.5) is 0 Å². The van der Waals surface area contributed by atoms with Crippen molar-refractivity contribution >= 4 is 18.6 Å². The maximum Gasteiger partial charge on any atom is 0.299 e. The summed E-state index contributed by atoms with van der Waals surface area (Å²) in [5.41, 5.74) is 1.36. The molecule has 0 atom stereocenters. The van der Waals surface area contributed by atoms with Crippen molar-refractivity contribution in [3.63, 3.8) is 0 Å². The van der Waals surface area contributed by atoms with Gasteiger partial charge in [0.05, 0.1) is 6.61 Å². The minimum Gasteiger partial charge on any atom is -0.380 e. The molecule has 0 saturated carbocycles. The third-order valence-electron chi connectivity index (χ3n) is 1.98. The predicted octanol–water partition coefficient (Wildman–Crippen LogP) is 1.79. The molecule has 0 spiro atoms. The van der Waals surface area contributed by atoms with E-state index >= 15 is 0 Å². The summed E-state index contributed by atoms with van der Waals surface area (Å²) in [6.07, 6.45) is 0. The van der Waals surface area contributed by atoms with E-state index in [1.807, 2.05) is 0 Å². The molecule has 0 bridgehead atoms. The van der Waals surface area contributed by atoms with Crippen molar-refractivity contribution in [3.8, 4) is 0 Å². The van der Waals surface area contributed by atoms with Gasteiger partial charge in [0.25, 0.3) is 14.1 Å². The average molecular weight is 178 g/mol. The van der Waals surface area contributed by atoms with Gasteiger partial charge in [-0.25, -0.2) is 0 Å². The van der Waals surface area contributed by atoms with Gasteiger partial charge in [0.15, 0.2) is 0 Å². The molecule has 0 radical (unpaired) electrons. The summed E-state index contributed by atoms with van der Waals surface area (Å²) in [5, 5.41) is 0. The highest BCUT2D eigenvalue weighted by Gasteiger charge is 2.09. The molecule has 0 fully saturated rings. The summed E-state index contributed by atoms with van der Waals surface area (Å²) in [6.45, 7) is 0.751. The Morgan fingerprint density at radius 2 is 1.92 bits per heavy atom. The van der Waals surface area contributed by atoms with Gasteiger partial charge in [-0.1, -0.05) is 24.3 Å². The maximum atomic E-state index is 5.14. The van der Waals surface area contributed by atoms with Crippen molar-refractivity contribution in [1.29, 1.82) is 0 Å². The van der Waals surface area contributed by atoms with Gasteiger partial charge in [-0.15, -0.1) is 16.0 Å². The summed E-state index contributed by atoms with van der Waals surface area (Å²) in [4.78, 5) is 0. The zero-order valence-corrected chi connectivity index (χ0v) is 9.16. The van der Waals surface area contributed by atoms with E-state index in [0.717, 1.165) is 6.61 Å².